The summed E-state index contributed by atoms with van der Waals surface area (Å²) in [6.45, 7) is 13.4. The highest BCUT2D eigenvalue weighted by Crippen LogP contribution is 2.42. The molecule has 2 aliphatic heterocycles. The second kappa shape index (κ2) is 13.3. The van der Waals surface area contributed by atoms with Crippen LogP contribution in [0.4, 0.5) is 0 Å². The van der Waals surface area contributed by atoms with Gasteiger partial charge in [0, 0.05) is 31.7 Å². The normalized spacial score (nSPS) is 18.9. The largest absolute Gasteiger partial charge is 0.507 e. The van der Waals surface area contributed by atoms with Crippen molar-refractivity contribution in [2.75, 3.05) is 59.7 Å². The number of ketones is 1. The van der Waals surface area contributed by atoms with Crippen LogP contribution in [0.1, 0.15) is 22.7 Å². The van der Waals surface area contributed by atoms with Crippen LogP contribution in [0.3, 0.4) is 0 Å². The summed E-state index contributed by atoms with van der Waals surface area (Å²) in [6.07, 6.45) is 3.27. The van der Waals surface area contributed by atoms with E-state index >= 15 is 0 Å². The third kappa shape index (κ3) is 6.21. The number of ether oxygens (including phenoxy) is 4. The number of amides is 1. The Morgan fingerprint density at radius 3 is 2.42 bits per heavy atom. The molecule has 1 N–H and O–H groups in total. The van der Waals surface area contributed by atoms with Gasteiger partial charge >= 0.3 is 0 Å². The van der Waals surface area contributed by atoms with Gasteiger partial charge in [-0.1, -0.05) is 31.4 Å². The molecule has 2 fully saturated rings. The number of carbonyl (C=O) groups excluding carboxylic acids is 2. The molecular formula is C31H36N2O7. The van der Waals surface area contributed by atoms with Gasteiger partial charge in [0.2, 0.25) is 0 Å². The highest BCUT2D eigenvalue weighted by molar-refractivity contribution is 6.46. The predicted octanol–water partition coefficient (Wildman–Crippen LogP) is 3.89. The van der Waals surface area contributed by atoms with E-state index in [1.165, 1.54) is 12.0 Å². The van der Waals surface area contributed by atoms with Gasteiger partial charge in [0.15, 0.2) is 11.5 Å². The second-order valence-electron chi connectivity index (χ2n) is 9.53. The average Bonchev–Trinajstić information content (AvgIpc) is 3.23. The number of rotatable bonds is 12. The second-order valence-corrected chi connectivity index (χ2v) is 9.53. The van der Waals surface area contributed by atoms with Crippen molar-refractivity contribution in [2.24, 2.45) is 0 Å². The van der Waals surface area contributed by atoms with Crippen molar-refractivity contribution in [3.8, 4) is 17.2 Å². The zero-order valence-corrected chi connectivity index (χ0v) is 23.1. The molecule has 0 spiro atoms. The molecule has 2 aromatic rings. The van der Waals surface area contributed by atoms with Crippen molar-refractivity contribution in [2.45, 2.75) is 13.0 Å². The lowest BCUT2D eigenvalue weighted by atomic mass is 9.93. The summed E-state index contributed by atoms with van der Waals surface area (Å²) < 4.78 is 22.3. The molecule has 2 aliphatic rings. The van der Waals surface area contributed by atoms with Crippen LogP contribution in [-0.4, -0.2) is 86.3 Å². The van der Waals surface area contributed by atoms with E-state index in [2.05, 4.69) is 18.1 Å². The number of nitrogens with zero attached hydrogens (tertiary/aromatic N) is 2. The molecule has 212 valence electrons. The molecular weight excluding hydrogens is 512 g/mol. The number of hydrogen-bond donors (Lipinski definition) is 1. The van der Waals surface area contributed by atoms with Crippen LogP contribution in [0.25, 0.3) is 5.76 Å². The van der Waals surface area contributed by atoms with Gasteiger partial charge in [-0.25, -0.2) is 0 Å². The summed E-state index contributed by atoms with van der Waals surface area (Å²) in [6, 6.07) is 9.61. The first-order valence-corrected chi connectivity index (χ1v) is 13.2. The van der Waals surface area contributed by atoms with Crippen molar-refractivity contribution in [3.05, 3.63) is 84.0 Å². The van der Waals surface area contributed by atoms with Crippen LogP contribution in [0.15, 0.2) is 67.3 Å². The fourth-order valence-electron chi connectivity index (χ4n) is 4.95. The molecule has 2 saturated heterocycles. The van der Waals surface area contributed by atoms with Crippen molar-refractivity contribution in [3.63, 3.8) is 0 Å². The van der Waals surface area contributed by atoms with Gasteiger partial charge < -0.3 is 29.0 Å². The van der Waals surface area contributed by atoms with Crippen LogP contribution < -0.4 is 14.2 Å². The third-order valence-corrected chi connectivity index (χ3v) is 6.98. The first-order valence-electron chi connectivity index (χ1n) is 13.2. The monoisotopic (exact) mass is 548 g/mol. The lowest BCUT2D eigenvalue weighted by Crippen LogP contribution is -2.42. The van der Waals surface area contributed by atoms with Crippen LogP contribution in [-0.2, 0) is 14.3 Å². The van der Waals surface area contributed by atoms with Crippen molar-refractivity contribution in [1.82, 2.24) is 9.80 Å². The quantitative estimate of drug-likeness (QED) is 0.185. The molecule has 4 rings (SSSR count). The van der Waals surface area contributed by atoms with E-state index in [4.69, 9.17) is 18.9 Å². The lowest BCUT2D eigenvalue weighted by molar-refractivity contribution is -0.140. The van der Waals surface area contributed by atoms with Gasteiger partial charge in [-0.05, 0) is 48.4 Å². The SMILES string of the molecule is C=CCOc1ccc(C(O)=C2C(=O)C(=O)N(CCN3CCOCC3)C2c2ccc(OCC=C)c(OC)c2)c(C)c1. The standard InChI is InChI=1S/C31H36N2O7/c1-5-15-39-23-8-9-24(21(3)19-23)29(34)27-28(22-7-10-25(40-16-6-2)26(20-22)37-4)33(31(36)30(27)35)12-11-32-13-17-38-18-14-32/h5-10,19-20,28,34H,1-2,11-18H2,3-4H3. The maximum atomic E-state index is 13.5. The number of likely N-dealkylation sites (tertiary alicyclic amines) is 1. The Balaban J connectivity index is 1.77. The van der Waals surface area contributed by atoms with Crippen LogP contribution in [0.5, 0.6) is 17.2 Å². The molecule has 9 heteroatoms. The first kappa shape index (κ1) is 28.9. The molecule has 40 heavy (non-hydrogen) atoms. The average molecular weight is 549 g/mol. The van der Waals surface area contributed by atoms with Crippen molar-refractivity contribution < 1.29 is 33.6 Å². The van der Waals surface area contributed by atoms with Crippen molar-refractivity contribution >= 4 is 17.4 Å². The Bertz CT molecular complexity index is 1300. The number of aliphatic hydroxyl groups excluding tert-OH is 1. The highest BCUT2D eigenvalue weighted by Gasteiger charge is 2.46. The van der Waals surface area contributed by atoms with Gasteiger partial charge in [0.05, 0.1) is 31.9 Å². The number of methoxy groups -OCH3 is 1. The van der Waals surface area contributed by atoms with Gasteiger partial charge in [0.25, 0.3) is 11.7 Å². The van der Waals surface area contributed by atoms with Gasteiger partial charge in [-0.3, -0.25) is 14.5 Å². The smallest absolute Gasteiger partial charge is 0.295 e. The molecule has 1 amide bonds. The Morgan fingerprint density at radius 1 is 1.02 bits per heavy atom. The Hall–Kier alpha value is -4.08. The zero-order valence-electron chi connectivity index (χ0n) is 23.1. The molecule has 9 nitrogen and oxygen atoms in total. The molecule has 2 heterocycles. The van der Waals surface area contributed by atoms with E-state index in [1.54, 1.807) is 48.6 Å². The Morgan fingerprint density at radius 2 is 1.75 bits per heavy atom. The highest BCUT2D eigenvalue weighted by atomic mass is 16.5. The van der Waals surface area contributed by atoms with E-state index in [9.17, 15) is 14.7 Å². The predicted molar refractivity (Wildman–Crippen MR) is 152 cm³/mol. The number of morpholine rings is 1. The summed E-state index contributed by atoms with van der Waals surface area (Å²) >= 11 is 0. The minimum absolute atomic E-state index is 0.0247. The number of aryl methyl sites for hydroxylation is 1. The fourth-order valence-corrected chi connectivity index (χ4v) is 4.95. The molecule has 0 aromatic heterocycles. The van der Waals surface area contributed by atoms with E-state index in [1.807, 2.05) is 6.92 Å². The van der Waals surface area contributed by atoms with Gasteiger partial charge in [-0.15, -0.1) is 0 Å². The molecule has 0 saturated carbocycles. The number of carbonyl (C=O) groups is 2. The topological polar surface area (TPSA) is 97.8 Å². The van der Waals surface area contributed by atoms with Crippen LogP contribution in [0.2, 0.25) is 0 Å². The van der Waals surface area contributed by atoms with Crippen molar-refractivity contribution in [1.29, 1.82) is 0 Å². The molecule has 0 radical (unpaired) electrons. The number of Topliss-reactive ketones (excluding diaryl/α,β-unsaturated/α-hetero) is 1. The summed E-state index contributed by atoms with van der Waals surface area (Å²) in [5.74, 6) is -0.0798. The Labute approximate surface area is 234 Å². The van der Waals surface area contributed by atoms with E-state index in [0.29, 0.717) is 73.5 Å². The van der Waals surface area contributed by atoms with Gasteiger partial charge in [0.1, 0.15) is 24.7 Å². The summed E-state index contributed by atoms with van der Waals surface area (Å²) in [7, 11) is 1.52. The van der Waals surface area contributed by atoms with Crippen LogP contribution >= 0.6 is 0 Å². The maximum Gasteiger partial charge on any atom is 0.295 e. The number of hydrogen-bond acceptors (Lipinski definition) is 8. The summed E-state index contributed by atoms with van der Waals surface area (Å²) in [5.41, 5.74) is 1.79. The van der Waals surface area contributed by atoms with E-state index in [0.717, 1.165) is 13.1 Å². The number of aliphatic hydroxyl groups is 1. The summed E-state index contributed by atoms with van der Waals surface area (Å²) in [5, 5.41) is 11.5. The van der Waals surface area contributed by atoms with Gasteiger partial charge in [-0.2, -0.15) is 0 Å². The fraction of sp³-hybridized carbons (Fsp3) is 0.355. The number of benzene rings is 2. The molecule has 0 aliphatic carbocycles. The van der Waals surface area contributed by atoms with E-state index in [-0.39, 0.29) is 11.3 Å². The molecule has 0 bridgehead atoms. The minimum atomic E-state index is -0.820. The first-order chi connectivity index (χ1) is 19.4. The maximum absolute atomic E-state index is 13.5. The van der Waals surface area contributed by atoms with E-state index < -0.39 is 17.7 Å². The lowest BCUT2D eigenvalue weighted by Gasteiger charge is -2.31. The summed E-state index contributed by atoms with van der Waals surface area (Å²) in [4.78, 5) is 30.6. The zero-order chi connectivity index (χ0) is 28.6. The van der Waals surface area contributed by atoms with Crippen LogP contribution in [0, 0.1) is 6.92 Å². The Kier molecular flexibility index (Phi) is 9.63. The third-order valence-electron chi connectivity index (χ3n) is 6.98. The molecule has 1 atom stereocenters. The minimum Gasteiger partial charge on any atom is -0.507 e. The molecule has 2 aromatic carbocycles. The molecule has 1 unspecified atom stereocenters.